The monoisotopic (exact) mass is 308 g/mol. The Bertz CT molecular complexity index is 463. The molecule has 0 spiro atoms. The van der Waals surface area contributed by atoms with Crippen molar-refractivity contribution in [2.45, 2.75) is 44.9 Å². The molecule has 1 saturated heterocycles. The van der Waals surface area contributed by atoms with Gasteiger partial charge in [0, 0.05) is 24.3 Å². The van der Waals surface area contributed by atoms with Gasteiger partial charge in [-0.3, -0.25) is 0 Å². The number of nitrogens with two attached hydrogens (primary N) is 1. The van der Waals surface area contributed by atoms with Gasteiger partial charge in [0.05, 0.1) is 38.9 Å². The first-order valence-corrected chi connectivity index (χ1v) is 8.44. The molecular formula is C18H32N2O2+2. The lowest BCUT2D eigenvalue weighted by molar-refractivity contribution is -0.916. The smallest absolute Gasteiger partial charge is 0.118 e. The van der Waals surface area contributed by atoms with E-state index in [1.54, 1.807) is 12.0 Å². The summed E-state index contributed by atoms with van der Waals surface area (Å²) >= 11 is 0. The summed E-state index contributed by atoms with van der Waals surface area (Å²) in [5.74, 6) is 1.27. The second-order valence-electron chi connectivity index (χ2n) is 7.04. The summed E-state index contributed by atoms with van der Waals surface area (Å²) in [6.45, 7) is 7.43. The van der Waals surface area contributed by atoms with Crippen molar-refractivity contribution in [3.05, 3.63) is 29.8 Å². The summed E-state index contributed by atoms with van der Waals surface area (Å²) < 4.78 is 5.17. The average molecular weight is 308 g/mol. The Labute approximate surface area is 134 Å². The zero-order chi connectivity index (χ0) is 16.2. The minimum atomic E-state index is -0.491. The second kappa shape index (κ2) is 7.44. The van der Waals surface area contributed by atoms with E-state index < -0.39 is 5.60 Å². The fourth-order valence-electron chi connectivity index (χ4n) is 3.51. The minimum absolute atomic E-state index is 0.373. The Balaban J connectivity index is 1.77. The summed E-state index contributed by atoms with van der Waals surface area (Å²) in [6, 6.07) is 8.75. The van der Waals surface area contributed by atoms with E-state index in [1.165, 1.54) is 5.56 Å². The first-order chi connectivity index (χ1) is 10.4. The molecule has 1 aromatic rings. The molecule has 4 N–H and O–H groups in total. The highest BCUT2D eigenvalue weighted by Crippen LogP contribution is 2.27. The summed E-state index contributed by atoms with van der Waals surface area (Å²) in [7, 11) is 3.92. The Morgan fingerprint density at radius 1 is 1.32 bits per heavy atom. The lowest BCUT2D eigenvalue weighted by Gasteiger charge is -2.43. The van der Waals surface area contributed by atoms with Crippen molar-refractivity contribution in [1.82, 2.24) is 0 Å². The van der Waals surface area contributed by atoms with Gasteiger partial charge in [0.2, 0.25) is 0 Å². The molecule has 0 aromatic heterocycles. The molecule has 0 radical (unpaired) electrons. The molecule has 1 unspecified atom stereocenters. The number of rotatable bonds is 6. The molecule has 0 amide bonds. The molecule has 22 heavy (non-hydrogen) atoms. The van der Waals surface area contributed by atoms with Crippen molar-refractivity contribution in [1.29, 1.82) is 0 Å². The van der Waals surface area contributed by atoms with Gasteiger partial charge in [-0.2, -0.15) is 0 Å². The lowest BCUT2D eigenvalue weighted by Crippen LogP contribution is -3.15. The summed E-state index contributed by atoms with van der Waals surface area (Å²) in [6.07, 6.45) is 1.79. The van der Waals surface area contributed by atoms with Crippen LogP contribution >= 0.6 is 0 Å². The quantitative estimate of drug-likeness (QED) is 0.639. The van der Waals surface area contributed by atoms with Crippen LogP contribution < -0.4 is 15.0 Å². The van der Waals surface area contributed by atoms with Crippen molar-refractivity contribution in [2.24, 2.45) is 5.92 Å². The highest BCUT2D eigenvalue weighted by atomic mass is 16.5. The van der Waals surface area contributed by atoms with Crippen LogP contribution in [0.5, 0.6) is 5.75 Å². The van der Waals surface area contributed by atoms with Gasteiger partial charge in [-0.05, 0) is 31.2 Å². The van der Waals surface area contributed by atoms with Gasteiger partial charge in [0.1, 0.15) is 12.3 Å². The molecule has 1 aliphatic heterocycles. The maximum Gasteiger partial charge on any atom is 0.118 e. The van der Waals surface area contributed by atoms with Crippen molar-refractivity contribution in [2.75, 3.05) is 27.2 Å². The minimum Gasteiger partial charge on any atom is -0.497 e. The van der Waals surface area contributed by atoms with Crippen LogP contribution in [0.2, 0.25) is 0 Å². The van der Waals surface area contributed by atoms with Crippen LogP contribution in [0.4, 0.5) is 0 Å². The predicted octanol–water partition coefficient (Wildman–Crippen LogP) is -0.177. The molecule has 1 aromatic carbocycles. The van der Waals surface area contributed by atoms with Gasteiger partial charge in [-0.15, -0.1) is 0 Å². The van der Waals surface area contributed by atoms with E-state index in [2.05, 4.69) is 38.3 Å². The third-order valence-corrected chi connectivity index (χ3v) is 5.37. The van der Waals surface area contributed by atoms with Gasteiger partial charge >= 0.3 is 0 Å². The maximum atomic E-state index is 10.9. The maximum absolute atomic E-state index is 10.9. The molecular weight excluding hydrogens is 276 g/mol. The molecule has 1 fully saturated rings. The number of benzene rings is 1. The van der Waals surface area contributed by atoms with E-state index in [0.717, 1.165) is 38.2 Å². The number of quaternary nitrogens is 2. The molecule has 124 valence electrons. The molecule has 0 saturated carbocycles. The first kappa shape index (κ1) is 17.3. The van der Waals surface area contributed by atoms with E-state index in [-0.39, 0.29) is 0 Å². The molecule has 0 aliphatic carbocycles. The van der Waals surface area contributed by atoms with Crippen molar-refractivity contribution < 1.29 is 20.1 Å². The van der Waals surface area contributed by atoms with Crippen molar-refractivity contribution in [3.8, 4) is 5.75 Å². The molecule has 0 bridgehead atoms. The van der Waals surface area contributed by atoms with E-state index >= 15 is 0 Å². The summed E-state index contributed by atoms with van der Waals surface area (Å²) in [4.78, 5) is 1.54. The molecule has 4 atom stereocenters. The number of nitrogens with one attached hydrogen (secondary N) is 1. The number of likely N-dealkylation sites (tertiary alicyclic amines) is 1. The fraction of sp³-hybridized carbons (Fsp3) is 0.667. The van der Waals surface area contributed by atoms with Crippen molar-refractivity contribution in [3.63, 3.8) is 0 Å². The van der Waals surface area contributed by atoms with Crippen LogP contribution in [0.25, 0.3) is 0 Å². The van der Waals surface area contributed by atoms with Gasteiger partial charge in [0.15, 0.2) is 0 Å². The Morgan fingerprint density at radius 2 is 2.00 bits per heavy atom. The zero-order valence-corrected chi connectivity index (χ0v) is 14.4. The SMILES string of the molecule is COc1ccc(C[NH2+]CC[C@]2(O)C[C@@H](C)[NH+](C)C[C@H]2C)cc1. The van der Waals surface area contributed by atoms with Crippen molar-refractivity contribution >= 4 is 0 Å². The topological polar surface area (TPSA) is 50.5 Å². The number of ether oxygens (including phenoxy) is 1. The number of aliphatic hydroxyl groups is 1. The van der Waals surface area contributed by atoms with Gasteiger partial charge in [-0.25, -0.2) is 0 Å². The van der Waals surface area contributed by atoms with Crippen LogP contribution in [0.3, 0.4) is 0 Å². The van der Waals surface area contributed by atoms with E-state index in [4.69, 9.17) is 4.74 Å². The third-order valence-electron chi connectivity index (χ3n) is 5.37. The van der Waals surface area contributed by atoms with E-state index in [1.807, 2.05) is 12.1 Å². The highest BCUT2D eigenvalue weighted by molar-refractivity contribution is 5.26. The number of hydrogen-bond donors (Lipinski definition) is 3. The van der Waals surface area contributed by atoms with E-state index in [9.17, 15) is 5.11 Å². The van der Waals surface area contributed by atoms with Crippen LogP contribution in [-0.2, 0) is 6.54 Å². The lowest BCUT2D eigenvalue weighted by atomic mass is 9.77. The first-order valence-electron chi connectivity index (χ1n) is 8.44. The highest BCUT2D eigenvalue weighted by Gasteiger charge is 2.43. The molecule has 1 aliphatic rings. The predicted molar refractivity (Wildman–Crippen MR) is 88.1 cm³/mol. The van der Waals surface area contributed by atoms with Gasteiger partial charge in [0.25, 0.3) is 0 Å². The Kier molecular flexibility index (Phi) is 5.84. The number of methoxy groups -OCH3 is 1. The normalized spacial score (nSPS) is 32.0. The van der Waals surface area contributed by atoms with Crippen LogP contribution in [0.15, 0.2) is 24.3 Å². The molecule has 1 heterocycles. The Hall–Kier alpha value is -1.10. The molecule has 4 nitrogen and oxygen atoms in total. The fourth-order valence-corrected chi connectivity index (χ4v) is 3.51. The standard InChI is InChI=1S/C18H30N2O2/c1-14-13-20(3)15(2)11-18(14,21)9-10-19-12-16-5-7-17(22-4)8-6-16/h5-8,14-15,19,21H,9-13H2,1-4H3/p+2/t14-,15-,18+/m1/s1. The van der Waals surface area contributed by atoms with Crippen LogP contribution in [-0.4, -0.2) is 44.0 Å². The summed E-state index contributed by atoms with van der Waals surface area (Å²) in [5, 5.41) is 13.2. The van der Waals surface area contributed by atoms with Gasteiger partial charge in [-0.1, -0.05) is 6.92 Å². The Morgan fingerprint density at radius 3 is 2.64 bits per heavy atom. The molecule has 2 rings (SSSR count). The summed E-state index contributed by atoms with van der Waals surface area (Å²) in [5.41, 5.74) is 0.803. The number of piperidine rings is 1. The van der Waals surface area contributed by atoms with Crippen LogP contribution in [0.1, 0.15) is 32.3 Å². The zero-order valence-electron chi connectivity index (χ0n) is 14.4. The largest absolute Gasteiger partial charge is 0.497 e. The second-order valence-corrected chi connectivity index (χ2v) is 7.04. The third kappa shape index (κ3) is 4.22. The molecule has 4 heteroatoms. The van der Waals surface area contributed by atoms with E-state index in [0.29, 0.717) is 12.0 Å². The van der Waals surface area contributed by atoms with Gasteiger partial charge < -0.3 is 20.1 Å². The number of hydrogen-bond acceptors (Lipinski definition) is 2. The average Bonchev–Trinajstić information content (AvgIpc) is 2.50. The van der Waals surface area contributed by atoms with Crippen LogP contribution in [0, 0.1) is 5.92 Å².